The Hall–Kier alpha value is -4.85. The number of hydrogen-bond acceptors (Lipinski definition) is 2. The number of nitrogens with one attached hydrogen (secondary N) is 1. The van der Waals surface area contributed by atoms with Crippen LogP contribution in [0, 0.1) is 0 Å². The highest BCUT2D eigenvalue weighted by Gasteiger charge is 2.46. The second kappa shape index (κ2) is 9.96. The zero-order chi connectivity index (χ0) is 28.8. The number of fused-ring (bicyclic) bond motifs is 1. The third-order valence-corrected chi connectivity index (χ3v) is 7.61. The number of carboxylic acid groups (broad SMARTS) is 1. The lowest BCUT2D eigenvalue weighted by Gasteiger charge is -2.20. The summed E-state index contributed by atoms with van der Waals surface area (Å²) in [6, 6.07) is 27.0. The van der Waals surface area contributed by atoms with Gasteiger partial charge in [-0.05, 0) is 77.6 Å². The molecule has 0 radical (unpaired) electrons. The third-order valence-electron chi connectivity index (χ3n) is 7.61. The molecular weight excluding hydrogens is 529 g/mol. The second-order valence-corrected chi connectivity index (χ2v) is 10.4. The van der Waals surface area contributed by atoms with Crippen LogP contribution in [-0.2, 0) is 18.3 Å². The van der Waals surface area contributed by atoms with Crippen molar-refractivity contribution in [1.82, 2.24) is 9.88 Å². The number of rotatable bonds is 7. The van der Waals surface area contributed by atoms with E-state index < -0.39 is 23.2 Å². The molecule has 8 heteroatoms. The predicted octanol–water partition coefficient (Wildman–Crippen LogP) is 7.49. The first-order valence-corrected chi connectivity index (χ1v) is 13.1. The minimum Gasteiger partial charge on any atom is -0.478 e. The van der Waals surface area contributed by atoms with E-state index in [1.165, 1.54) is 18.2 Å². The second-order valence-electron chi connectivity index (χ2n) is 10.4. The molecule has 1 amide bonds. The van der Waals surface area contributed by atoms with Gasteiger partial charge in [-0.3, -0.25) is 4.79 Å². The molecule has 5 aromatic rings. The van der Waals surface area contributed by atoms with Crippen molar-refractivity contribution < 1.29 is 27.9 Å². The number of alkyl halides is 3. The SMILES string of the molecule is O=C(O)c1ccc(C2(NC(=O)c3cc(-c4ccccc4)cc4ccn(Cc5cccc(C(F)(F)F)c5)c34)CC2)cc1. The van der Waals surface area contributed by atoms with E-state index in [-0.39, 0.29) is 18.0 Å². The average molecular weight is 555 g/mol. The van der Waals surface area contributed by atoms with E-state index in [1.54, 1.807) is 29.0 Å². The van der Waals surface area contributed by atoms with Crippen molar-refractivity contribution in [2.75, 3.05) is 0 Å². The minimum atomic E-state index is -4.45. The third kappa shape index (κ3) is 5.20. The summed E-state index contributed by atoms with van der Waals surface area (Å²) < 4.78 is 41.9. The number of nitrogens with zero attached hydrogens (tertiary/aromatic N) is 1. The van der Waals surface area contributed by atoms with Gasteiger partial charge in [-0.15, -0.1) is 0 Å². The van der Waals surface area contributed by atoms with Crippen LogP contribution in [0.3, 0.4) is 0 Å². The Labute approximate surface area is 233 Å². The van der Waals surface area contributed by atoms with Gasteiger partial charge < -0.3 is 15.0 Å². The number of halogens is 3. The number of carbonyl (C=O) groups excluding carboxylic acids is 1. The predicted molar refractivity (Wildman–Crippen MR) is 150 cm³/mol. The summed E-state index contributed by atoms with van der Waals surface area (Å²) in [7, 11) is 0. The van der Waals surface area contributed by atoms with Crippen LogP contribution in [0.5, 0.6) is 0 Å². The maximum atomic E-state index is 14.0. The number of carboxylic acids is 1. The van der Waals surface area contributed by atoms with Gasteiger partial charge in [0.05, 0.1) is 27.7 Å². The molecule has 6 rings (SSSR count). The monoisotopic (exact) mass is 554 g/mol. The molecule has 1 aliphatic rings. The van der Waals surface area contributed by atoms with Crippen molar-refractivity contribution in [3.8, 4) is 11.1 Å². The minimum absolute atomic E-state index is 0.153. The van der Waals surface area contributed by atoms with Crippen molar-refractivity contribution in [2.24, 2.45) is 0 Å². The summed E-state index contributed by atoms with van der Waals surface area (Å²) in [5, 5.41) is 13.2. The highest BCUT2D eigenvalue weighted by atomic mass is 19.4. The van der Waals surface area contributed by atoms with Crippen molar-refractivity contribution in [1.29, 1.82) is 0 Å². The molecule has 1 aromatic heterocycles. The van der Waals surface area contributed by atoms with Gasteiger partial charge in [0.2, 0.25) is 0 Å². The Morgan fingerprint density at radius 3 is 2.24 bits per heavy atom. The zero-order valence-corrected chi connectivity index (χ0v) is 21.8. The Balaban J connectivity index is 1.40. The van der Waals surface area contributed by atoms with Gasteiger partial charge in [0.25, 0.3) is 5.91 Å². The molecule has 0 aliphatic heterocycles. The molecule has 5 nitrogen and oxygen atoms in total. The number of aromatic nitrogens is 1. The summed E-state index contributed by atoms with van der Waals surface area (Å²) in [6.07, 6.45) is -1.25. The fourth-order valence-electron chi connectivity index (χ4n) is 5.32. The maximum Gasteiger partial charge on any atom is 0.416 e. The zero-order valence-electron chi connectivity index (χ0n) is 21.8. The topological polar surface area (TPSA) is 71.3 Å². The first-order chi connectivity index (χ1) is 19.6. The fraction of sp³-hybridized carbons (Fsp3) is 0.152. The van der Waals surface area contributed by atoms with Crippen molar-refractivity contribution >= 4 is 22.8 Å². The molecule has 0 bridgehead atoms. The number of benzene rings is 4. The van der Waals surface area contributed by atoms with E-state index in [2.05, 4.69) is 5.32 Å². The summed E-state index contributed by atoms with van der Waals surface area (Å²) in [5.74, 6) is -1.33. The van der Waals surface area contributed by atoms with E-state index in [1.807, 2.05) is 48.5 Å². The molecule has 41 heavy (non-hydrogen) atoms. The summed E-state index contributed by atoms with van der Waals surface area (Å²) in [4.78, 5) is 25.3. The summed E-state index contributed by atoms with van der Waals surface area (Å²) in [5.41, 5.74) is 2.93. The van der Waals surface area contributed by atoms with Crippen LogP contribution < -0.4 is 5.32 Å². The lowest BCUT2D eigenvalue weighted by atomic mass is 9.98. The fourth-order valence-corrected chi connectivity index (χ4v) is 5.32. The van der Waals surface area contributed by atoms with E-state index >= 15 is 0 Å². The van der Waals surface area contributed by atoms with Crippen LogP contribution >= 0.6 is 0 Å². The van der Waals surface area contributed by atoms with Gasteiger partial charge in [-0.1, -0.05) is 54.6 Å². The van der Waals surface area contributed by atoms with Crippen LogP contribution in [-0.4, -0.2) is 21.6 Å². The van der Waals surface area contributed by atoms with Gasteiger partial charge in [0, 0.05) is 18.1 Å². The van der Waals surface area contributed by atoms with Gasteiger partial charge in [-0.25, -0.2) is 4.79 Å². The first kappa shape index (κ1) is 26.4. The number of aromatic carboxylic acids is 1. The lowest BCUT2D eigenvalue weighted by molar-refractivity contribution is -0.137. The largest absolute Gasteiger partial charge is 0.478 e. The molecule has 1 aliphatic carbocycles. The standard InChI is InChI=1S/C33H25F3N2O3/c34-33(35,36)27-8-4-5-21(17-27)20-38-16-13-24-18-25(22-6-2-1-3-7-22)19-28(29(24)38)30(39)37-32(14-15-32)26-11-9-23(10-12-26)31(40)41/h1-13,16-19H,14-15,20H2,(H,37,39)(H,40,41). The lowest BCUT2D eigenvalue weighted by Crippen LogP contribution is -2.35. The van der Waals surface area contributed by atoms with E-state index in [4.69, 9.17) is 0 Å². The Morgan fingerprint density at radius 2 is 1.59 bits per heavy atom. The average Bonchev–Trinajstić information content (AvgIpc) is 3.64. The highest BCUT2D eigenvalue weighted by Crippen LogP contribution is 2.46. The van der Waals surface area contributed by atoms with E-state index in [0.29, 0.717) is 29.5 Å². The molecule has 2 N–H and O–H groups in total. The van der Waals surface area contributed by atoms with Crippen LogP contribution in [0.2, 0.25) is 0 Å². The molecular formula is C33H25F3N2O3. The van der Waals surface area contributed by atoms with E-state index in [9.17, 15) is 27.9 Å². The van der Waals surface area contributed by atoms with Crippen LogP contribution in [0.25, 0.3) is 22.0 Å². The first-order valence-electron chi connectivity index (χ1n) is 13.1. The summed E-state index contributed by atoms with van der Waals surface area (Å²) in [6.45, 7) is 0.153. The van der Waals surface area contributed by atoms with Crippen molar-refractivity contribution in [3.05, 3.63) is 131 Å². The molecule has 1 fully saturated rings. The molecule has 206 valence electrons. The Kier molecular flexibility index (Phi) is 6.41. The Bertz CT molecular complexity index is 1770. The van der Waals surface area contributed by atoms with Gasteiger partial charge in [0.1, 0.15) is 0 Å². The van der Waals surface area contributed by atoms with Gasteiger partial charge >= 0.3 is 12.1 Å². The molecule has 4 aromatic carbocycles. The molecule has 0 atom stereocenters. The van der Waals surface area contributed by atoms with E-state index in [0.717, 1.165) is 34.2 Å². The molecule has 0 spiro atoms. The number of amides is 1. The smallest absolute Gasteiger partial charge is 0.416 e. The van der Waals surface area contributed by atoms with Crippen LogP contribution in [0.1, 0.15) is 50.2 Å². The molecule has 1 heterocycles. The van der Waals surface area contributed by atoms with Crippen molar-refractivity contribution in [3.63, 3.8) is 0 Å². The highest BCUT2D eigenvalue weighted by molar-refractivity contribution is 6.08. The number of hydrogen-bond donors (Lipinski definition) is 2. The van der Waals surface area contributed by atoms with Gasteiger partial charge in [-0.2, -0.15) is 13.2 Å². The summed E-state index contributed by atoms with van der Waals surface area (Å²) >= 11 is 0. The molecule has 0 saturated heterocycles. The quantitative estimate of drug-likeness (QED) is 0.219. The Morgan fingerprint density at radius 1 is 0.854 bits per heavy atom. The normalized spacial score (nSPS) is 14.1. The van der Waals surface area contributed by atoms with Crippen LogP contribution in [0.15, 0.2) is 103 Å². The molecule has 1 saturated carbocycles. The van der Waals surface area contributed by atoms with Crippen molar-refractivity contribution in [2.45, 2.75) is 31.1 Å². The maximum absolute atomic E-state index is 14.0. The van der Waals surface area contributed by atoms with Gasteiger partial charge in [0.15, 0.2) is 0 Å². The molecule has 0 unspecified atom stereocenters. The number of carbonyl (C=O) groups is 2. The van der Waals surface area contributed by atoms with Crippen LogP contribution in [0.4, 0.5) is 13.2 Å².